The van der Waals surface area contributed by atoms with Gasteiger partial charge in [-0.25, -0.2) is 4.79 Å². The van der Waals surface area contributed by atoms with Crippen molar-refractivity contribution in [3.05, 3.63) is 35.0 Å². The molecule has 0 fully saturated rings. The second kappa shape index (κ2) is 9.57. The zero-order chi connectivity index (χ0) is 28.2. The molecule has 1 amide bonds. The smallest absolute Gasteiger partial charge is 0.339 e. The summed E-state index contributed by atoms with van der Waals surface area (Å²) in [4.78, 5) is 44.9. The van der Waals surface area contributed by atoms with Crippen LogP contribution in [0.15, 0.2) is 18.2 Å². The summed E-state index contributed by atoms with van der Waals surface area (Å²) in [5.74, 6) is -0.228. The van der Waals surface area contributed by atoms with E-state index in [1.807, 2.05) is 0 Å². The Morgan fingerprint density at radius 1 is 1.03 bits per heavy atom. The number of hydrogen-bond donors (Lipinski definition) is 2. The number of alkyl halides is 1. The van der Waals surface area contributed by atoms with Gasteiger partial charge in [0.25, 0.3) is 5.91 Å². The third kappa shape index (κ3) is 3.67. The van der Waals surface area contributed by atoms with E-state index in [0.717, 1.165) is 0 Å². The molecule has 2 atom stereocenters. The summed E-state index contributed by atoms with van der Waals surface area (Å²) >= 11 is 6.36. The summed E-state index contributed by atoms with van der Waals surface area (Å²) in [7, 11) is 7.19. The number of carbonyl (C=O) groups excluding carboxylic acids is 3. The third-order valence-corrected chi connectivity index (χ3v) is 7.74. The first-order valence-corrected chi connectivity index (χ1v) is 12.6. The number of hydrogen-bond acceptors (Lipinski definition) is 9. The van der Waals surface area contributed by atoms with Crippen molar-refractivity contribution >= 4 is 51.5 Å². The average Bonchev–Trinajstić information content (AvgIpc) is 3.62. The van der Waals surface area contributed by atoms with Crippen LogP contribution in [0.5, 0.6) is 23.0 Å². The van der Waals surface area contributed by atoms with Gasteiger partial charge in [-0.05, 0) is 24.6 Å². The number of ketones is 1. The van der Waals surface area contributed by atoms with Gasteiger partial charge in [0, 0.05) is 29.8 Å². The molecular formula is C27H28ClN3O8. The Kier molecular flexibility index (Phi) is 6.50. The highest BCUT2D eigenvalue weighted by molar-refractivity contribution is 6.27. The molecule has 3 aromatic rings. The summed E-state index contributed by atoms with van der Waals surface area (Å²) in [5, 5.41) is 3.67. The molecule has 2 aliphatic heterocycles. The maximum atomic E-state index is 13.9. The molecular weight excluding hydrogens is 530 g/mol. The highest BCUT2D eigenvalue weighted by Gasteiger charge is 2.53. The van der Waals surface area contributed by atoms with Crippen LogP contribution in [0.2, 0.25) is 0 Å². The van der Waals surface area contributed by atoms with Gasteiger partial charge in [-0.2, -0.15) is 0 Å². The van der Waals surface area contributed by atoms with E-state index < -0.39 is 17.3 Å². The molecule has 2 N–H and O–H groups in total. The summed E-state index contributed by atoms with van der Waals surface area (Å²) in [5.41, 5.74) is 0.899. The molecule has 12 heteroatoms. The number of H-pyrrole nitrogens is 1. The molecule has 0 unspecified atom stereocenters. The fourth-order valence-electron chi connectivity index (χ4n) is 5.46. The lowest BCUT2D eigenvalue weighted by molar-refractivity contribution is -0.143. The first-order chi connectivity index (χ1) is 18.7. The number of carbonyl (C=O) groups is 3. The van der Waals surface area contributed by atoms with E-state index in [1.165, 1.54) is 42.5 Å². The number of ether oxygens (including phenoxy) is 5. The van der Waals surface area contributed by atoms with Crippen LogP contribution in [-0.4, -0.2) is 76.2 Å². The topological polar surface area (TPSA) is 128 Å². The summed E-state index contributed by atoms with van der Waals surface area (Å²) in [6.45, 7) is 1.68. The van der Waals surface area contributed by atoms with Crippen molar-refractivity contribution in [2.24, 2.45) is 0 Å². The standard InChI is InChI=1S/C27H28ClN3O8/c1-27(26(34)39-6)24(32)19-18-13(10-28)11-31(15(18)9-16(35-2)21(19)30-27)25(33)14-7-12-8-17(36-3)22(37-4)23(38-5)20(12)29-14/h7-9,13,29-30H,10-11H2,1-6H3/t13-,27-/m1/s1. The van der Waals surface area contributed by atoms with Crippen molar-refractivity contribution in [2.45, 2.75) is 18.4 Å². The van der Waals surface area contributed by atoms with Crippen molar-refractivity contribution in [2.75, 3.05) is 58.2 Å². The van der Waals surface area contributed by atoms with Gasteiger partial charge >= 0.3 is 5.97 Å². The Morgan fingerprint density at radius 3 is 2.31 bits per heavy atom. The molecule has 2 aromatic carbocycles. The summed E-state index contributed by atoms with van der Waals surface area (Å²) < 4.78 is 26.9. The van der Waals surface area contributed by atoms with Crippen LogP contribution in [-0.2, 0) is 9.53 Å². The van der Waals surface area contributed by atoms with Gasteiger partial charge in [0.05, 0.1) is 58.0 Å². The monoisotopic (exact) mass is 557 g/mol. The quantitative estimate of drug-likeness (QED) is 0.254. The number of nitrogens with zero attached hydrogens (tertiary/aromatic N) is 1. The van der Waals surface area contributed by atoms with Crippen LogP contribution in [0.1, 0.15) is 39.3 Å². The lowest BCUT2D eigenvalue weighted by Gasteiger charge is -2.20. The van der Waals surface area contributed by atoms with Crippen molar-refractivity contribution in [1.82, 2.24) is 4.98 Å². The molecule has 0 aliphatic carbocycles. The molecule has 1 aromatic heterocycles. The second-order valence-corrected chi connectivity index (χ2v) is 9.70. The SMILES string of the molecule is COC(=O)[C@]1(C)Nc2c(OC)cc3c(c2C1=O)[C@H](CCl)CN3C(=O)c1cc2cc(OC)c(OC)c(OC)c2[nH]1. The molecule has 206 valence electrons. The normalized spacial score (nSPS) is 19.4. The Balaban J connectivity index is 1.64. The van der Waals surface area contributed by atoms with Gasteiger partial charge in [0.2, 0.25) is 11.5 Å². The molecule has 2 aliphatic rings. The van der Waals surface area contributed by atoms with Crippen LogP contribution in [0.3, 0.4) is 0 Å². The van der Waals surface area contributed by atoms with Gasteiger partial charge in [0.1, 0.15) is 11.4 Å². The predicted molar refractivity (Wildman–Crippen MR) is 144 cm³/mol. The number of esters is 1. The van der Waals surface area contributed by atoms with E-state index >= 15 is 0 Å². The lowest BCUT2D eigenvalue weighted by atomic mass is 9.89. The van der Waals surface area contributed by atoms with Crippen molar-refractivity contribution in [3.63, 3.8) is 0 Å². The van der Waals surface area contributed by atoms with Gasteiger partial charge in [-0.15, -0.1) is 11.6 Å². The first-order valence-electron chi connectivity index (χ1n) is 12.0. The molecule has 5 rings (SSSR count). The minimum atomic E-state index is -1.64. The number of fused-ring (bicyclic) bond motifs is 4. The number of anilines is 2. The van der Waals surface area contributed by atoms with Crippen molar-refractivity contribution < 1.29 is 38.1 Å². The van der Waals surface area contributed by atoms with E-state index in [9.17, 15) is 14.4 Å². The van der Waals surface area contributed by atoms with Crippen LogP contribution in [0.4, 0.5) is 11.4 Å². The molecule has 0 saturated carbocycles. The van der Waals surface area contributed by atoms with Crippen molar-refractivity contribution in [1.29, 1.82) is 0 Å². The summed E-state index contributed by atoms with van der Waals surface area (Å²) in [6.07, 6.45) is 0. The fourth-order valence-corrected chi connectivity index (χ4v) is 5.71. The van der Waals surface area contributed by atoms with Crippen LogP contribution in [0.25, 0.3) is 10.9 Å². The third-order valence-electron chi connectivity index (χ3n) is 7.36. The van der Waals surface area contributed by atoms with Gasteiger partial charge < -0.3 is 38.9 Å². The van der Waals surface area contributed by atoms with E-state index in [1.54, 1.807) is 23.1 Å². The number of amides is 1. The number of Topliss-reactive ketones (excluding diaryl/α,β-unsaturated/α-hetero) is 1. The highest BCUT2D eigenvalue weighted by atomic mass is 35.5. The molecule has 0 bridgehead atoms. The minimum absolute atomic E-state index is 0.146. The van der Waals surface area contributed by atoms with Gasteiger partial charge in [0.15, 0.2) is 17.0 Å². The largest absolute Gasteiger partial charge is 0.494 e. The van der Waals surface area contributed by atoms with Gasteiger partial charge in [-0.1, -0.05) is 0 Å². The van der Waals surface area contributed by atoms with E-state index in [2.05, 4.69) is 10.3 Å². The summed E-state index contributed by atoms with van der Waals surface area (Å²) in [6, 6.07) is 5.12. The zero-order valence-electron chi connectivity index (χ0n) is 22.3. The predicted octanol–water partition coefficient (Wildman–Crippen LogP) is 3.73. The van der Waals surface area contributed by atoms with E-state index in [4.69, 9.17) is 35.3 Å². The van der Waals surface area contributed by atoms with Gasteiger partial charge in [-0.3, -0.25) is 9.59 Å². The maximum Gasteiger partial charge on any atom is 0.339 e. The number of aromatic amines is 1. The number of methoxy groups -OCH3 is 5. The maximum absolute atomic E-state index is 13.9. The average molecular weight is 558 g/mol. The number of benzene rings is 2. The molecule has 39 heavy (non-hydrogen) atoms. The minimum Gasteiger partial charge on any atom is -0.494 e. The second-order valence-electron chi connectivity index (χ2n) is 9.39. The van der Waals surface area contributed by atoms with Crippen molar-refractivity contribution in [3.8, 4) is 23.0 Å². The number of rotatable bonds is 7. The Bertz CT molecular complexity index is 1530. The molecule has 0 radical (unpaired) electrons. The van der Waals surface area contributed by atoms with E-state index in [-0.39, 0.29) is 35.5 Å². The molecule has 0 spiro atoms. The highest BCUT2D eigenvalue weighted by Crippen LogP contribution is 2.51. The lowest BCUT2D eigenvalue weighted by Crippen LogP contribution is -2.47. The number of halogens is 1. The van der Waals surface area contributed by atoms with E-state index in [0.29, 0.717) is 50.8 Å². The molecule has 3 heterocycles. The fraction of sp³-hybridized carbons (Fsp3) is 0.370. The Labute approximate surface area is 229 Å². The number of nitrogens with one attached hydrogen (secondary N) is 2. The molecule has 11 nitrogen and oxygen atoms in total. The Hall–Kier alpha value is -4.12. The Morgan fingerprint density at radius 2 is 1.72 bits per heavy atom. The number of aromatic nitrogens is 1. The van der Waals surface area contributed by atoms with Crippen LogP contribution in [0, 0.1) is 0 Å². The first kappa shape index (κ1) is 26.5. The van der Waals surface area contributed by atoms with Crippen LogP contribution < -0.4 is 29.2 Å². The molecule has 0 saturated heterocycles. The zero-order valence-corrected chi connectivity index (χ0v) is 23.1. The van der Waals surface area contributed by atoms with Crippen LogP contribution >= 0.6 is 11.6 Å².